The molecule has 1 unspecified atom stereocenters. The number of nitrogens with one attached hydrogen (secondary N) is 2. The number of rotatable bonds is 7. The van der Waals surface area contributed by atoms with Crippen molar-refractivity contribution in [3.63, 3.8) is 0 Å². The standard InChI is InChI=1S/C25H25N3O/c29-23(14-13-19-8-7-15-26-16-19)28-25(22-17-27-18-22)24(20-9-3-1-4-10-20)21-11-5-2-6-12-21/h1-16,22,24-25,27H,17-18H2,(H,28,29). The van der Waals surface area contributed by atoms with Gasteiger partial charge in [-0.15, -0.1) is 0 Å². The van der Waals surface area contributed by atoms with E-state index >= 15 is 0 Å². The van der Waals surface area contributed by atoms with Gasteiger partial charge in [-0.3, -0.25) is 9.78 Å². The molecule has 1 aliphatic rings. The first-order valence-electron chi connectivity index (χ1n) is 10.0. The summed E-state index contributed by atoms with van der Waals surface area (Å²) in [5, 5.41) is 6.65. The van der Waals surface area contributed by atoms with E-state index in [2.05, 4.69) is 64.1 Å². The van der Waals surface area contributed by atoms with Gasteiger partial charge in [-0.2, -0.15) is 0 Å². The van der Waals surface area contributed by atoms with Gasteiger partial charge in [0.2, 0.25) is 5.91 Å². The van der Waals surface area contributed by atoms with Gasteiger partial charge in [-0.25, -0.2) is 0 Å². The van der Waals surface area contributed by atoms with Crippen molar-refractivity contribution in [2.45, 2.75) is 12.0 Å². The predicted octanol–water partition coefficient (Wildman–Crippen LogP) is 3.63. The molecule has 1 aliphatic heterocycles. The summed E-state index contributed by atoms with van der Waals surface area (Å²) < 4.78 is 0. The molecule has 1 atom stereocenters. The van der Waals surface area contributed by atoms with E-state index in [4.69, 9.17) is 0 Å². The minimum Gasteiger partial charge on any atom is -0.348 e. The fourth-order valence-corrected chi connectivity index (χ4v) is 3.83. The lowest BCUT2D eigenvalue weighted by atomic mass is 9.77. The Morgan fingerprint density at radius 3 is 2.14 bits per heavy atom. The van der Waals surface area contributed by atoms with Crippen molar-refractivity contribution in [2.75, 3.05) is 13.1 Å². The minimum atomic E-state index is -0.0809. The molecule has 4 nitrogen and oxygen atoms in total. The molecule has 4 heteroatoms. The highest BCUT2D eigenvalue weighted by Crippen LogP contribution is 2.32. The SMILES string of the molecule is O=C(C=Cc1cccnc1)NC(C1CNC1)C(c1ccccc1)c1ccccc1. The van der Waals surface area contributed by atoms with E-state index in [1.807, 2.05) is 24.3 Å². The number of carbonyl (C=O) groups excluding carboxylic acids is 1. The maximum Gasteiger partial charge on any atom is 0.244 e. The van der Waals surface area contributed by atoms with Crippen molar-refractivity contribution < 1.29 is 4.79 Å². The quantitative estimate of drug-likeness (QED) is 0.613. The van der Waals surface area contributed by atoms with Crippen molar-refractivity contribution in [3.8, 4) is 0 Å². The average molecular weight is 383 g/mol. The summed E-state index contributed by atoms with van der Waals surface area (Å²) in [4.78, 5) is 16.9. The van der Waals surface area contributed by atoms with Crippen LogP contribution in [0.2, 0.25) is 0 Å². The second kappa shape index (κ2) is 9.30. The van der Waals surface area contributed by atoms with E-state index in [-0.39, 0.29) is 17.9 Å². The number of pyridine rings is 1. The third-order valence-corrected chi connectivity index (χ3v) is 5.42. The van der Waals surface area contributed by atoms with Gasteiger partial charge in [0.15, 0.2) is 0 Å². The van der Waals surface area contributed by atoms with Crippen LogP contribution in [0.25, 0.3) is 6.08 Å². The lowest BCUT2D eigenvalue weighted by molar-refractivity contribution is -0.117. The Balaban J connectivity index is 1.61. The van der Waals surface area contributed by atoms with E-state index in [0.29, 0.717) is 5.92 Å². The van der Waals surface area contributed by atoms with Crippen molar-refractivity contribution in [2.24, 2.45) is 5.92 Å². The zero-order chi connectivity index (χ0) is 19.9. The molecule has 2 heterocycles. The first kappa shape index (κ1) is 19.1. The molecular formula is C25H25N3O. The number of benzene rings is 2. The van der Waals surface area contributed by atoms with E-state index in [9.17, 15) is 4.79 Å². The van der Waals surface area contributed by atoms with Crippen molar-refractivity contribution >= 4 is 12.0 Å². The molecule has 2 aromatic carbocycles. The largest absolute Gasteiger partial charge is 0.348 e. The first-order chi connectivity index (χ1) is 14.3. The fraction of sp³-hybridized carbons (Fsp3) is 0.200. The zero-order valence-electron chi connectivity index (χ0n) is 16.2. The Bertz CT molecular complexity index is 898. The summed E-state index contributed by atoms with van der Waals surface area (Å²) in [5.41, 5.74) is 3.34. The number of hydrogen-bond acceptors (Lipinski definition) is 3. The Labute approximate surface area is 171 Å². The van der Waals surface area contributed by atoms with Crippen LogP contribution in [0.3, 0.4) is 0 Å². The highest BCUT2D eigenvalue weighted by atomic mass is 16.1. The summed E-state index contributed by atoms with van der Waals surface area (Å²) >= 11 is 0. The second-order valence-corrected chi connectivity index (χ2v) is 7.37. The molecule has 0 spiro atoms. The van der Waals surface area contributed by atoms with Gasteiger partial charge in [0.05, 0.1) is 0 Å². The molecule has 2 N–H and O–H groups in total. The lowest BCUT2D eigenvalue weighted by Gasteiger charge is -2.40. The monoisotopic (exact) mass is 383 g/mol. The van der Waals surface area contributed by atoms with Gasteiger partial charge in [0.1, 0.15) is 0 Å². The van der Waals surface area contributed by atoms with Crippen LogP contribution in [0.5, 0.6) is 0 Å². The van der Waals surface area contributed by atoms with Crippen LogP contribution in [0.15, 0.2) is 91.3 Å². The molecule has 3 aromatic rings. The van der Waals surface area contributed by atoms with E-state index in [0.717, 1.165) is 18.7 Å². The molecule has 146 valence electrons. The van der Waals surface area contributed by atoms with Crippen LogP contribution in [0.1, 0.15) is 22.6 Å². The van der Waals surface area contributed by atoms with E-state index < -0.39 is 0 Å². The zero-order valence-corrected chi connectivity index (χ0v) is 16.2. The second-order valence-electron chi connectivity index (χ2n) is 7.37. The van der Waals surface area contributed by atoms with Crippen LogP contribution >= 0.6 is 0 Å². The van der Waals surface area contributed by atoms with Crippen molar-refractivity contribution in [1.29, 1.82) is 0 Å². The molecule has 1 saturated heterocycles. The molecule has 4 rings (SSSR count). The molecule has 1 aromatic heterocycles. The molecule has 1 fully saturated rings. The molecule has 0 aliphatic carbocycles. The fourth-order valence-electron chi connectivity index (χ4n) is 3.83. The first-order valence-corrected chi connectivity index (χ1v) is 10.0. The van der Waals surface area contributed by atoms with Gasteiger partial charge in [-0.05, 0) is 28.8 Å². The number of hydrogen-bond donors (Lipinski definition) is 2. The normalized spacial score (nSPS) is 15.2. The average Bonchev–Trinajstić information content (AvgIpc) is 2.73. The van der Waals surface area contributed by atoms with Crippen LogP contribution in [0, 0.1) is 5.92 Å². The Kier molecular flexibility index (Phi) is 6.13. The smallest absolute Gasteiger partial charge is 0.244 e. The predicted molar refractivity (Wildman–Crippen MR) is 116 cm³/mol. The minimum absolute atomic E-state index is 0.00657. The summed E-state index contributed by atoms with van der Waals surface area (Å²) in [6, 6.07) is 24.7. The van der Waals surface area contributed by atoms with Gasteiger partial charge < -0.3 is 10.6 Å². The molecule has 0 bridgehead atoms. The van der Waals surface area contributed by atoms with Crippen LogP contribution in [-0.2, 0) is 4.79 Å². The van der Waals surface area contributed by atoms with Gasteiger partial charge in [-0.1, -0.05) is 66.7 Å². The molecule has 0 radical (unpaired) electrons. The number of nitrogens with zero attached hydrogens (tertiary/aromatic N) is 1. The van der Waals surface area contributed by atoms with Gasteiger partial charge in [0, 0.05) is 49.4 Å². The van der Waals surface area contributed by atoms with Crippen LogP contribution < -0.4 is 10.6 Å². The van der Waals surface area contributed by atoms with Gasteiger partial charge >= 0.3 is 0 Å². The van der Waals surface area contributed by atoms with E-state index in [1.165, 1.54) is 11.1 Å². The Hall–Kier alpha value is -3.24. The van der Waals surface area contributed by atoms with Crippen LogP contribution in [0.4, 0.5) is 0 Å². The summed E-state index contributed by atoms with van der Waals surface area (Å²) in [6.07, 6.45) is 6.87. The summed E-state index contributed by atoms with van der Waals surface area (Å²) in [5.74, 6) is 0.402. The molecule has 1 amide bonds. The van der Waals surface area contributed by atoms with E-state index in [1.54, 1.807) is 24.5 Å². The summed E-state index contributed by atoms with van der Waals surface area (Å²) in [6.45, 7) is 1.82. The number of amides is 1. The lowest BCUT2D eigenvalue weighted by Crippen LogP contribution is -2.56. The van der Waals surface area contributed by atoms with Crippen molar-refractivity contribution in [1.82, 2.24) is 15.6 Å². The molecule has 0 saturated carbocycles. The highest BCUT2D eigenvalue weighted by molar-refractivity contribution is 5.92. The number of aromatic nitrogens is 1. The maximum absolute atomic E-state index is 12.8. The number of carbonyl (C=O) groups is 1. The summed E-state index contributed by atoms with van der Waals surface area (Å²) in [7, 11) is 0. The topological polar surface area (TPSA) is 54.0 Å². The highest BCUT2D eigenvalue weighted by Gasteiger charge is 2.35. The molecule has 29 heavy (non-hydrogen) atoms. The Morgan fingerprint density at radius 1 is 0.966 bits per heavy atom. The third-order valence-electron chi connectivity index (χ3n) is 5.42. The van der Waals surface area contributed by atoms with Crippen molar-refractivity contribution in [3.05, 3.63) is 108 Å². The van der Waals surface area contributed by atoms with Gasteiger partial charge in [0.25, 0.3) is 0 Å². The third kappa shape index (κ3) is 4.79. The molecular weight excluding hydrogens is 358 g/mol. The maximum atomic E-state index is 12.8. The van der Waals surface area contributed by atoms with Crippen LogP contribution in [-0.4, -0.2) is 30.0 Å². The Morgan fingerprint density at radius 2 is 1.62 bits per heavy atom.